The Morgan fingerprint density at radius 3 is 2.75 bits per heavy atom. The number of benzene rings is 1. The molecule has 0 spiro atoms. The van der Waals surface area contributed by atoms with Crippen LogP contribution in [0.15, 0.2) is 41.8 Å². The van der Waals surface area contributed by atoms with Crippen LogP contribution in [0.25, 0.3) is 0 Å². The molecular formula is C20H20N2O4S2. The number of aliphatic hydroxyl groups excluding tert-OH is 1. The zero-order valence-corrected chi connectivity index (χ0v) is 16.9. The van der Waals surface area contributed by atoms with Gasteiger partial charge < -0.3 is 24.4 Å². The summed E-state index contributed by atoms with van der Waals surface area (Å²) in [5.74, 6) is 0.120. The van der Waals surface area contributed by atoms with Gasteiger partial charge in [-0.2, -0.15) is 0 Å². The van der Waals surface area contributed by atoms with Crippen molar-refractivity contribution in [2.24, 2.45) is 5.92 Å². The Morgan fingerprint density at radius 1 is 1.29 bits per heavy atom. The molecule has 146 valence electrons. The topological polar surface area (TPSA) is 62.2 Å². The van der Waals surface area contributed by atoms with Crippen LogP contribution in [-0.4, -0.2) is 52.5 Å². The summed E-state index contributed by atoms with van der Waals surface area (Å²) in [6.45, 7) is 0.637. The normalized spacial score (nSPS) is 31.1. The van der Waals surface area contributed by atoms with Gasteiger partial charge in [-0.05, 0) is 54.4 Å². The fourth-order valence-corrected chi connectivity index (χ4v) is 5.77. The lowest BCUT2D eigenvalue weighted by Crippen LogP contribution is -2.66. The first-order chi connectivity index (χ1) is 13.6. The van der Waals surface area contributed by atoms with Crippen LogP contribution in [0.1, 0.15) is 11.3 Å². The van der Waals surface area contributed by atoms with Crippen molar-refractivity contribution in [3.05, 3.63) is 46.7 Å². The van der Waals surface area contributed by atoms with Crippen molar-refractivity contribution in [2.75, 3.05) is 12.0 Å². The molecule has 4 fully saturated rings. The average molecular weight is 417 g/mol. The zero-order valence-electron chi connectivity index (χ0n) is 15.2. The molecule has 3 saturated heterocycles. The highest BCUT2D eigenvalue weighted by atomic mass is 32.1. The van der Waals surface area contributed by atoms with Crippen LogP contribution in [0.5, 0.6) is 5.75 Å². The fraction of sp³-hybridized carbons (Fsp3) is 0.400. The molecule has 6 rings (SSSR count). The number of carbonyl (C=O) groups excluding carboxylic acids is 1. The number of ether oxygens (including phenoxy) is 2. The highest BCUT2D eigenvalue weighted by Crippen LogP contribution is 2.46. The van der Waals surface area contributed by atoms with E-state index in [1.54, 1.807) is 18.4 Å². The number of anilines is 1. The van der Waals surface area contributed by atoms with Crippen LogP contribution in [0, 0.1) is 5.92 Å². The Bertz CT molecular complexity index is 901. The highest BCUT2D eigenvalue weighted by molar-refractivity contribution is 7.80. The molecule has 1 saturated carbocycles. The molecule has 1 aromatic carbocycles. The lowest BCUT2D eigenvalue weighted by molar-refractivity contribution is -0.194. The molecule has 4 heterocycles. The number of hydrogen-bond acceptors (Lipinski definition) is 6. The van der Waals surface area contributed by atoms with Crippen LogP contribution in [0.2, 0.25) is 0 Å². The molecular weight excluding hydrogens is 396 g/mol. The second kappa shape index (κ2) is 6.72. The second-order valence-electron chi connectivity index (χ2n) is 7.35. The average Bonchev–Trinajstić information content (AvgIpc) is 3.31. The Morgan fingerprint density at radius 2 is 2.07 bits per heavy atom. The number of carbonyl (C=O) groups is 1. The minimum absolute atomic E-state index is 0.143. The largest absolute Gasteiger partial charge is 0.497 e. The summed E-state index contributed by atoms with van der Waals surface area (Å²) in [7, 11) is 1.63. The first kappa shape index (κ1) is 17.9. The molecule has 8 heteroatoms. The van der Waals surface area contributed by atoms with Gasteiger partial charge in [0.25, 0.3) is 0 Å². The quantitative estimate of drug-likeness (QED) is 0.607. The molecule has 5 unspecified atom stereocenters. The number of esters is 1. The van der Waals surface area contributed by atoms with Gasteiger partial charge in [-0.25, -0.2) is 0 Å². The molecule has 2 aromatic rings. The summed E-state index contributed by atoms with van der Waals surface area (Å²) >= 11 is 7.55. The van der Waals surface area contributed by atoms with Crippen LogP contribution in [0.4, 0.5) is 5.69 Å². The minimum atomic E-state index is -0.659. The lowest BCUT2D eigenvalue weighted by Gasteiger charge is -2.49. The summed E-state index contributed by atoms with van der Waals surface area (Å²) in [5, 5.41) is 13.2. The van der Waals surface area contributed by atoms with Crippen molar-refractivity contribution in [2.45, 2.75) is 37.3 Å². The predicted molar refractivity (Wildman–Crippen MR) is 110 cm³/mol. The molecule has 5 atom stereocenters. The van der Waals surface area contributed by atoms with Crippen LogP contribution in [0.3, 0.4) is 0 Å². The first-order valence-corrected chi connectivity index (χ1v) is 10.5. The maximum Gasteiger partial charge on any atom is 0.311 e. The molecule has 1 aromatic heterocycles. The molecule has 28 heavy (non-hydrogen) atoms. The van der Waals surface area contributed by atoms with E-state index < -0.39 is 18.1 Å². The van der Waals surface area contributed by atoms with Crippen molar-refractivity contribution >= 4 is 40.3 Å². The van der Waals surface area contributed by atoms with Crippen molar-refractivity contribution in [3.8, 4) is 5.75 Å². The van der Waals surface area contributed by atoms with Gasteiger partial charge in [-0.3, -0.25) is 4.79 Å². The Kier molecular flexibility index (Phi) is 4.30. The van der Waals surface area contributed by atoms with E-state index >= 15 is 0 Å². The SMILES string of the molecule is COc1ccc(N2C(=S)N(Cc3cccs3)C3C4OC(=O)C(CC4O)C32)cc1. The predicted octanol–water partition coefficient (Wildman–Crippen LogP) is 2.41. The first-order valence-electron chi connectivity index (χ1n) is 9.23. The molecule has 1 aliphatic carbocycles. The molecule has 4 aliphatic rings. The number of aliphatic hydroxyl groups is 1. The van der Waals surface area contributed by atoms with E-state index in [9.17, 15) is 9.90 Å². The highest BCUT2D eigenvalue weighted by Gasteiger charge is 2.63. The van der Waals surface area contributed by atoms with Crippen molar-refractivity contribution in [1.82, 2.24) is 4.90 Å². The number of methoxy groups -OCH3 is 1. The number of hydrogen-bond donors (Lipinski definition) is 1. The Labute approximate surface area is 172 Å². The minimum Gasteiger partial charge on any atom is -0.497 e. The van der Waals surface area contributed by atoms with Crippen LogP contribution >= 0.6 is 23.6 Å². The zero-order chi connectivity index (χ0) is 19.4. The summed E-state index contributed by atoms with van der Waals surface area (Å²) < 4.78 is 10.9. The van der Waals surface area contributed by atoms with Crippen molar-refractivity contribution < 1.29 is 19.4 Å². The number of nitrogens with zero attached hydrogens (tertiary/aromatic N) is 2. The monoisotopic (exact) mass is 416 g/mol. The van der Waals surface area contributed by atoms with E-state index in [4.69, 9.17) is 21.7 Å². The number of fused-ring (bicyclic) bond motifs is 2. The van der Waals surface area contributed by atoms with Gasteiger partial charge in [-0.15, -0.1) is 11.3 Å². The maximum atomic E-state index is 12.5. The third-order valence-electron chi connectivity index (χ3n) is 5.90. The van der Waals surface area contributed by atoms with E-state index in [1.165, 1.54) is 4.88 Å². The molecule has 0 amide bonds. The maximum absolute atomic E-state index is 12.5. The van der Waals surface area contributed by atoms with Gasteiger partial charge in [0, 0.05) is 10.6 Å². The van der Waals surface area contributed by atoms with E-state index in [-0.39, 0.29) is 18.1 Å². The number of thiophene rings is 1. The standard InChI is InChI=1S/C20H20N2O4S2/c1-25-12-6-4-11(5-7-12)22-16-14-9-15(23)18(26-19(14)24)17(16)21(20(22)27)10-13-3-2-8-28-13/h2-8,14-18,23H,9-10H2,1H3. The fourth-order valence-electron chi connectivity index (χ4n) is 4.66. The lowest BCUT2D eigenvalue weighted by atomic mass is 9.74. The smallest absolute Gasteiger partial charge is 0.311 e. The molecule has 0 radical (unpaired) electrons. The van der Waals surface area contributed by atoms with E-state index in [0.29, 0.717) is 18.1 Å². The number of thiocarbonyl (C=S) groups is 1. The number of rotatable bonds is 4. The van der Waals surface area contributed by atoms with Gasteiger partial charge in [0.1, 0.15) is 11.9 Å². The van der Waals surface area contributed by atoms with Crippen LogP contribution < -0.4 is 9.64 Å². The third-order valence-corrected chi connectivity index (χ3v) is 7.19. The summed E-state index contributed by atoms with van der Waals surface area (Å²) in [4.78, 5) is 17.9. The van der Waals surface area contributed by atoms with Crippen molar-refractivity contribution in [1.29, 1.82) is 0 Å². The molecule has 3 aliphatic heterocycles. The van der Waals surface area contributed by atoms with Gasteiger partial charge in [0.05, 0.1) is 37.8 Å². The molecule has 6 nitrogen and oxygen atoms in total. The molecule has 2 bridgehead atoms. The van der Waals surface area contributed by atoms with Crippen LogP contribution in [-0.2, 0) is 16.1 Å². The van der Waals surface area contributed by atoms with E-state index in [0.717, 1.165) is 11.4 Å². The second-order valence-corrected chi connectivity index (χ2v) is 8.75. The van der Waals surface area contributed by atoms with Gasteiger partial charge >= 0.3 is 5.97 Å². The van der Waals surface area contributed by atoms with E-state index in [1.807, 2.05) is 35.7 Å². The summed E-state index contributed by atoms with van der Waals surface area (Å²) in [6.07, 6.45) is -0.815. The van der Waals surface area contributed by atoms with Gasteiger partial charge in [0.15, 0.2) is 5.11 Å². The van der Waals surface area contributed by atoms with Gasteiger partial charge in [0.2, 0.25) is 0 Å². The third kappa shape index (κ3) is 2.62. The van der Waals surface area contributed by atoms with Gasteiger partial charge in [-0.1, -0.05) is 6.07 Å². The summed E-state index contributed by atoms with van der Waals surface area (Å²) in [6, 6.07) is 11.5. The summed E-state index contributed by atoms with van der Waals surface area (Å²) in [5.41, 5.74) is 0.921. The van der Waals surface area contributed by atoms with Crippen molar-refractivity contribution in [3.63, 3.8) is 0 Å². The Balaban J connectivity index is 1.57. The Hall–Kier alpha value is -2.16. The molecule has 1 N–H and O–H groups in total. The van der Waals surface area contributed by atoms with E-state index in [2.05, 4.69) is 15.9 Å².